The first-order chi connectivity index (χ1) is 11.9. The van der Waals surface area contributed by atoms with Crippen molar-refractivity contribution in [1.29, 1.82) is 0 Å². The van der Waals surface area contributed by atoms with Gasteiger partial charge in [-0.25, -0.2) is 0 Å². The zero-order valence-electron chi connectivity index (χ0n) is 15.7. The first-order valence-corrected chi connectivity index (χ1v) is 8.58. The van der Waals surface area contributed by atoms with Crippen LogP contribution in [0.5, 0.6) is 11.5 Å². The fraction of sp³-hybridized carbons (Fsp3) is 0.381. The summed E-state index contributed by atoms with van der Waals surface area (Å²) in [4.78, 5) is 12.3. The van der Waals surface area contributed by atoms with Crippen molar-refractivity contribution in [3.05, 3.63) is 58.7 Å². The summed E-state index contributed by atoms with van der Waals surface area (Å²) in [5.74, 6) is 1.44. The van der Waals surface area contributed by atoms with Crippen LogP contribution in [0.1, 0.15) is 41.6 Å². The van der Waals surface area contributed by atoms with Gasteiger partial charge in [0.05, 0.1) is 13.2 Å². The van der Waals surface area contributed by atoms with E-state index in [1.165, 1.54) is 5.56 Å². The number of ether oxygens (including phenoxy) is 2. The minimum atomic E-state index is -0.126. The third-order valence-corrected chi connectivity index (χ3v) is 4.41. The van der Waals surface area contributed by atoms with Gasteiger partial charge in [-0.15, -0.1) is 0 Å². The van der Waals surface area contributed by atoms with E-state index < -0.39 is 0 Å². The van der Waals surface area contributed by atoms with E-state index in [1.807, 2.05) is 44.2 Å². The number of nitrogens with one attached hydrogen (secondary N) is 1. The van der Waals surface area contributed by atoms with E-state index >= 15 is 0 Å². The monoisotopic (exact) mass is 341 g/mol. The average Bonchev–Trinajstić information content (AvgIpc) is 2.60. The lowest BCUT2D eigenvalue weighted by Gasteiger charge is -2.19. The fourth-order valence-electron chi connectivity index (χ4n) is 2.73. The molecule has 134 valence electrons. The van der Waals surface area contributed by atoms with Gasteiger partial charge in [-0.05, 0) is 67.6 Å². The van der Waals surface area contributed by atoms with Crippen molar-refractivity contribution in [2.24, 2.45) is 0 Å². The number of hydrogen-bond acceptors (Lipinski definition) is 3. The van der Waals surface area contributed by atoms with Crippen molar-refractivity contribution in [3.8, 4) is 11.5 Å². The van der Waals surface area contributed by atoms with Gasteiger partial charge in [0, 0.05) is 0 Å². The molecule has 0 aliphatic heterocycles. The normalized spacial score (nSPS) is 11.7. The molecule has 4 nitrogen and oxygen atoms in total. The lowest BCUT2D eigenvalue weighted by molar-refractivity contribution is -0.123. The summed E-state index contributed by atoms with van der Waals surface area (Å²) in [5.41, 5.74) is 4.48. The van der Waals surface area contributed by atoms with Gasteiger partial charge < -0.3 is 14.8 Å². The van der Waals surface area contributed by atoms with E-state index in [-0.39, 0.29) is 18.6 Å². The van der Waals surface area contributed by atoms with Crippen molar-refractivity contribution < 1.29 is 14.3 Å². The Morgan fingerprint density at radius 3 is 2.40 bits per heavy atom. The van der Waals surface area contributed by atoms with Gasteiger partial charge in [-0.2, -0.15) is 0 Å². The topological polar surface area (TPSA) is 47.6 Å². The molecule has 25 heavy (non-hydrogen) atoms. The van der Waals surface area contributed by atoms with E-state index in [0.29, 0.717) is 5.75 Å². The molecule has 0 bridgehead atoms. The van der Waals surface area contributed by atoms with E-state index in [1.54, 1.807) is 7.11 Å². The SMILES string of the molecule is CC[C@H](NC(=O)COc1ccc(C)c(C)c1)c1ccc(OC)c(C)c1. The van der Waals surface area contributed by atoms with Crippen LogP contribution in [0.2, 0.25) is 0 Å². The van der Waals surface area contributed by atoms with Crippen LogP contribution in [0.3, 0.4) is 0 Å². The Balaban J connectivity index is 1.97. The quantitative estimate of drug-likeness (QED) is 0.818. The Kier molecular flexibility index (Phi) is 6.45. The molecule has 1 atom stereocenters. The fourth-order valence-corrected chi connectivity index (χ4v) is 2.73. The number of carbonyl (C=O) groups is 1. The Hall–Kier alpha value is -2.49. The zero-order chi connectivity index (χ0) is 18.4. The molecule has 2 rings (SSSR count). The summed E-state index contributed by atoms with van der Waals surface area (Å²) in [5, 5.41) is 3.04. The lowest BCUT2D eigenvalue weighted by Crippen LogP contribution is -2.32. The second kappa shape index (κ2) is 8.56. The summed E-state index contributed by atoms with van der Waals surface area (Å²) in [6.45, 7) is 8.14. The van der Waals surface area contributed by atoms with Crippen LogP contribution in [-0.4, -0.2) is 19.6 Å². The van der Waals surface area contributed by atoms with Gasteiger partial charge in [-0.1, -0.05) is 25.1 Å². The number of carbonyl (C=O) groups excluding carboxylic acids is 1. The molecule has 0 aliphatic carbocycles. The molecular formula is C21H27NO3. The van der Waals surface area contributed by atoms with E-state index in [2.05, 4.69) is 25.2 Å². The molecule has 0 heterocycles. The molecule has 2 aromatic rings. The van der Waals surface area contributed by atoms with Crippen molar-refractivity contribution in [1.82, 2.24) is 5.32 Å². The molecule has 0 saturated heterocycles. The van der Waals surface area contributed by atoms with Crippen LogP contribution >= 0.6 is 0 Å². The maximum atomic E-state index is 12.3. The maximum absolute atomic E-state index is 12.3. The summed E-state index contributed by atoms with van der Waals surface area (Å²) in [7, 11) is 1.66. The molecule has 0 unspecified atom stereocenters. The predicted octanol–water partition coefficient (Wildman–Crippen LogP) is 4.27. The van der Waals surface area contributed by atoms with Crippen molar-refractivity contribution in [2.75, 3.05) is 13.7 Å². The van der Waals surface area contributed by atoms with Gasteiger partial charge in [0.2, 0.25) is 0 Å². The molecule has 0 spiro atoms. The number of aryl methyl sites for hydroxylation is 3. The highest BCUT2D eigenvalue weighted by Gasteiger charge is 2.14. The highest BCUT2D eigenvalue weighted by atomic mass is 16.5. The molecule has 0 saturated carbocycles. The predicted molar refractivity (Wildman–Crippen MR) is 100 cm³/mol. The van der Waals surface area contributed by atoms with Crippen LogP contribution in [0, 0.1) is 20.8 Å². The van der Waals surface area contributed by atoms with Crippen LogP contribution < -0.4 is 14.8 Å². The van der Waals surface area contributed by atoms with Gasteiger partial charge in [0.25, 0.3) is 5.91 Å². The molecule has 0 fully saturated rings. The minimum Gasteiger partial charge on any atom is -0.496 e. The number of amides is 1. The molecular weight excluding hydrogens is 314 g/mol. The Bertz CT molecular complexity index is 740. The molecule has 0 aromatic heterocycles. The highest BCUT2D eigenvalue weighted by molar-refractivity contribution is 5.78. The maximum Gasteiger partial charge on any atom is 0.258 e. The number of rotatable bonds is 7. The Morgan fingerprint density at radius 1 is 1.04 bits per heavy atom. The van der Waals surface area contributed by atoms with Crippen molar-refractivity contribution in [3.63, 3.8) is 0 Å². The smallest absolute Gasteiger partial charge is 0.258 e. The van der Waals surface area contributed by atoms with E-state index in [9.17, 15) is 4.79 Å². The van der Waals surface area contributed by atoms with E-state index in [0.717, 1.165) is 28.9 Å². The summed E-state index contributed by atoms with van der Waals surface area (Å²) < 4.78 is 10.9. The minimum absolute atomic E-state index is 0.00807. The van der Waals surface area contributed by atoms with Crippen LogP contribution in [0.25, 0.3) is 0 Å². The average molecular weight is 341 g/mol. The standard InChI is InChI=1S/C21H27NO3/c1-6-19(17-8-10-20(24-5)16(4)11-17)22-21(23)13-25-18-9-7-14(2)15(3)12-18/h7-12,19H,6,13H2,1-5H3,(H,22,23)/t19-/m0/s1. The second-order valence-corrected chi connectivity index (χ2v) is 6.29. The lowest BCUT2D eigenvalue weighted by atomic mass is 10.0. The summed E-state index contributed by atoms with van der Waals surface area (Å²) >= 11 is 0. The third kappa shape index (κ3) is 4.99. The number of methoxy groups -OCH3 is 1. The summed E-state index contributed by atoms with van der Waals surface area (Å²) in [6, 6.07) is 11.8. The largest absolute Gasteiger partial charge is 0.496 e. The molecule has 0 aliphatic rings. The highest BCUT2D eigenvalue weighted by Crippen LogP contribution is 2.24. The van der Waals surface area contributed by atoms with Crippen LogP contribution in [0.15, 0.2) is 36.4 Å². The second-order valence-electron chi connectivity index (χ2n) is 6.29. The Labute approximate surface area is 150 Å². The summed E-state index contributed by atoms with van der Waals surface area (Å²) in [6.07, 6.45) is 0.807. The van der Waals surface area contributed by atoms with Gasteiger partial charge in [0.1, 0.15) is 11.5 Å². The zero-order valence-corrected chi connectivity index (χ0v) is 15.7. The molecule has 0 radical (unpaired) electrons. The van der Waals surface area contributed by atoms with Crippen molar-refractivity contribution >= 4 is 5.91 Å². The first-order valence-electron chi connectivity index (χ1n) is 8.58. The van der Waals surface area contributed by atoms with Gasteiger partial charge in [0.15, 0.2) is 6.61 Å². The van der Waals surface area contributed by atoms with Crippen LogP contribution in [-0.2, 0) is 4.79 Å². The van der Waals surface area contributed by atoms with Gasteiger partial charge >= 0.3 is 0 Å². The molecule has 1 amide bonds. The molecule has 4 heteroatoms. The number of benzene rings is 2. The Morgan fingerprint density at radius 2 is 1.80 bits per heavy atom. The molecule has 2 aromatic carbocycles. The first kappa shape index (κ1) is 18.8. The van der Waals surface area contributed by atoms with Crippen molar-refractivity contribution in [2.45, 2.75) is 40.2 Å². The van der Waals surface area contributed by atoms with E-state index in [4.69, 9.17) is 9.47 Å². The van der Waals surface area contributed by atoms with Crippen LogP contribution in [0.4, 0.5) is 0 Å². The van der Waals surface area contributed by atoms with Gasteiger partial charge in [-0.3, -0.25) is 4.79 Å². The third-order valence-electron chi connectivity index (χ3n) is 4.41. The molecule has 1 N–H and O–H groups in total. The number of hydrogen-bond donors (Lipinski definition) is 1.